The highest BCUT2D eigenvalue weighted by Gasteiger charge is 2.32. The van der Waals surface area contributed by atoms with Crippen molar-refractivity contribution in [1.29, 1.82) is 0 Å². The Morgan fingerprint density at radius 2 is 1.34 bits per heavy atom. The van der Waals surface area contributed by atoms with E-state index in [-0.39, 0.29) is 53.0 Å². The number of phenols is 2. The summed E-state index contributed by atoms with van der Waals surface area (Å²) in [4.78, 5) is 44.7. The number of para-hydroxylation sites is 1. The van der Waals surface area contributed by atoms with Gasteiger partial charge in [-0.25, -0.2) is 0 Å². The molecule has 2 aromatic heterocycles. The highest BCUT2D eigenvalue weighted by Crippen LogP contribution is 2.34. The summed E-state index contributed by atoms with van der Waals surface area (Å²) in [5.41, 5.74) is 6.96. The van der Waals surface area contributed by atoms with Gasteiger partial charge in [0.15, 0.2) is 0 Å². The standard InChI is InChI=1S/C18H23N3O2.C9H7NO.C5H10N2O.C4H8O/c1-11(2)15(20-18(23)13-9-21(3)10-13)14-7-6-12-5-4-8-19-16(12)17(14)22;11-8-5-1-3-7-4-2-6-10-9(7)8;1-7-2-4(3-7)5(6)8;1-4(2)3-5/h4-8,11,13,15,22H,9-10H2,1-3H3,(H,20,23);1-6,11H;4H,2-3H2,1H3,(H2,6,8);3-4H,1-2H3. The number of pyridine rings is 2. The van der Waals surface area contributed by atoms with E-state index < -0.39 is 0 Å². The number of fused-ring (bicyclic) bond motifs is 2. The fourth-order valence-electron chi connectivity index (χ4n) is 5.10. The summed E-state index contributed by atoms with van der Waals surface area (Å²) in [6, 6.07) is 16.5. The lowest BCUT2D eigenvalue weighted by atomic mass is 9.92. The van der Waals surface area contributed by atoms with Crippen LogP contribution in [0.1, 0.15) is 39.3 Å². The van der Waals surface area contributed by atoms with Gasteiger partial charge in [0.1, 0.15) is 28.8 Å². The zero-order chi connectivity index (χ0) is 34.7. The number of carbonyl (C=O) groups is 3. The molecular weight excluding hydrogens is 596 g/mol. The quantitative estimate of drug-likeness (QED) is 0.226. The lowest BCUT2D eigenvalue weighted by Gasteiger charge is -2.36. The molecule has 252 valence electrons. The van der Waals surface area contributed by atoms with Gasteiger partial charge >= 0.3 is 0 Å². The third-order valence-corrected chi connectivity index (χ3v) is 7.86. The van der Waals surface area contributed by atoms with Crippen LogP contribution in [0.5, 0.6) is 11.5 Å². The summed E-state index contributed by atoms with van der Waals surface area (Å²) < 4.78 is 0. The van der Waals surface area contributed by atoms with Crippen LogP contribution in [0.15, 0.2) is 67.0 Å². The molecule has 11 nitrogen and oxygen atoms in total. The predicted octanol–water partition coefficient (Wildman–Crippen LogP) is 4.13. The third-order valence-electron chi connectivity index (χ3n) is 7.86. The number of hydrogen-bond donors (Lipinski definition) is 4. The number of aromatic hydroxyl groups is 2. The van der Waals surface area contributed by atoms with Gasteiger partial charge in [-0.15, -0.1) is 0 Å². The smallest absolute Gasteiger partial charge is 0.226 e. The minimum Gasteiger partial charge on any atom is -0.506 e. The fraction of sp³-hybridized carbons (Fsp3) is 0.417. The van der Waals surface area contributed by atoms with Crippen molar-refractivity contribution in [3.63, 3.8) is 0 Å². The Morgan fingerprint density at radius 3 is 1.81 bits per heavy atom. The van der Waals surface area contributed by atoms with Crippen LogP contribution in [0.3, 0.4) is 0 Å². The lowest BCUT2D eigenvalue weighted by molar-refractivity contribution is -0.130. The Balaban J connectivity index is 0.000000205. The number of nitrogens with zero attached hydrogens (tertiary/aromatic N) is 4. The summed E-state index contributed by atoms with van der Waals surface area (Å²) in [6.45, 7) is 11.1. The molecule has 1 unspecified atom stereocenters. The van der Waals surface area contributed by atoms with Gasteiger partial charge in [-0.1, -0.05) is 64.1 Å². The van der Waals surface area contributed by atoms with Crippen LogP contribution in [0.2, 0.25) is 0 Å². The molecule has 47 heavy (non-hydrogen) atoms. The number of hydrogen-bond acceptors (Lipinski definition) is 9. The number of primary amides is 1. The van der Waals surface area contributed by atoms with Crippen LogP contribution in [0, 0.1) is 23.7 Å². The van der Waals surface area contributed by atoms with Crippen molar-refractivity contribution in [3.05, 3.63) is 72.6 Å². The van der Waals surface area contributed by atoms with Gasteiger partial charge < -0.3 is 35.9 Å². The summed E-state index contributed by atoms with van der Waals surface area (Å²) in [5.74, 6) is 0.835. The predicted molar refractivity (Wildman–Crippen MR) is 185 cm³/mol. The van der Waals surface area contributed by atoms with E-state index in [1.165, 1.54) is 0 Å². The second kappa shape index (κ2) is 17.3. The largest absolute Gasteiger partial charge is 0.506 e. The van der Waals surface area contributed by atoms with Crippen molar-refractivity contribution in [2.24, 2.45) is 29.4 Å². The number of nitrogens with two attached hydrogens (primary N) is 1. The van der Waals surface area contributed by atoms with Gasteiger partial charge in [-0.05, 0) is 38.2 Å². The number of rotatable bonds is 6. The summed E-state index contributed by atoms with van der Waals surface area (Å²) in [6.07, 6.45) is 4.25. The summed E-state index contributed by atoms with van der Waals surface area (Å²) in [5, 5.41) is 24.9. The van der Waals surface area contributed by atoms with Gasteiger partial charge in [-0.2, -0.15) is 0 Å². The number of aldehydes is 1. The van der Waals surface area contributed by atoms with Crippen molar-refractivity contribution < 1.29 is 24.6 Å². The van der Waals surface area contributed by atoms with E-state index in [1.54, 1.807) is 24.5 Å². The molecule has 4 heterocycles. The molecule has 0 radical (unpaired) electrons. The van der Waals surface area contributed by atoms with Crippen molar-refractivity contribution in [2.45, 2.75) is 33.7 Å². The van der Waals surface area contributed by atoms with Crippen LogP contribution < -0.4 is 11.1 Å². The average molecular weight is 645 g/mol. The topological polar surface area (TPSA) is 162 Å². The van der Waals surface area contributed by atoms with Gasteiger partial charge in [0.2, 0.25) is 11.8 Å². The molecule has 2 saturated heterocycles. The van der Waals surface area contributed by atoms with Crippen molar-refractivity contribution in [2.75, 3.05) is 40.3 Å². The molecule has 0 saturated carbocycles. The molecule has 0 bridgehead atoms. The molecule has 5 N–H and O–H groups in total. The molecule has 6 rings (SSSR count). The first kappa shape index (κ1) is 36.9. The Kier molecular flexibility index (Phi) is 13.6. The zero-order valence-corrected chi connectivity index (χ0v) is 28.1. The Morgan fingerprint density at radius 1 is 0.830 bits per heavy atom. The van der Waals surface area contributed by atoms with Crippen molar-refractivity contribution in [3.8, 4) is 11.5 Å². The van der Waals surface area contributed by atoms with E-state index in [2.05, 4.69) is 25.1 Å². The molecule has 4 aromatic rings. The number of amides is 2. The highest BCUT2D eigenvalue weighted by atomic mass is 16.3. The molecular formula is C36H48N6O5. The highest BCUT2D eigenvalue weighted by molar-refractivity contribution is 5.86. The molecule has 0 spiro atoms. The Hall–Kier alpha value is -4.61. The first-order chi connectivity index (χ1) is 22.3. The number of aromatic nitrogens is 2. The summed E-state index contributed by atoms with van der Waals surface area (Å²) >= 11 is 0. The van der Waals surface area contributed by atoms with Crippen molar-refractivity contribution >= 4 is 39.9 Å². The van der Waals surface area contributed by atoms with Crippen LogP contribution in [-0.2, 0) is 14.4 Å². The number of nitrogens with one attached hydrogen (secondary N) is 1. The minimum atomic E-state index is -0.222. The van der Waals surface area contributed by atoms with Gasteiger partial charge in [0.25, 0.3) is 0 Å². The van der Waals surface area contributed by atoms with E-state index in [0.29, 0.717) is 11.0 Å². The van der Waals surface area contributed by atoms with Crippen LogP contribution in [0.25, 0.3) is 21.8 Å². The molecule has 11 heteroatoms. The molecule has 2 aromatic carbocycles. The van der Waals surface area contributed by atoms with Crippen LogP contribution >= 0.6 is 0 Å². The van der Waals surface area contributed by atoms with Crippen molar-refractivity contribution in [1.82, 2.24) is 25.1 Å². The maximum Gasteiger partial charge on any atom is 0.226 e. The lowest BCUT2D eigenvalue weighted by Crippen LogP contribution is -2.52. The van der Waals surface area contributed by atoms with E-state index in [9.17, 15) is 24.6 Å². The number of phenolic OH excluding ortho intramolecular Hbond substituents is 2. The normalized spacial score (nSPS) is 15.6. The maximum absolute atomic E-state index is 12.4. The van der Waals surface area contributed by atoms with Gasteiger partial charge in [0.05, 0.1) is 17.9 Å². The Labute approximate surface area is 276 Å². The number of likely N-dealkylation sites (tertiary alicyclic amines) is 2. The fourth-order valence-corrected chi connectivity index (χ4v) is 5.10. The molecule has 1 atom stereocenters. The van der Waals surface area contributed by atoms with E-state index in [4.69, 9.17) is 5.73 Å². The minimum absolute atomic E-state index is 0.0435. The van der Waals surface area contributed by atoms with Crippen LogP contribution in [0.4, 0.5) is 0 Å². The van der Waals surface area contributed by atoms with E-state index in [0.717, 1.165) is 48.8 Å². The summed E-state index contributed by atoms with van der Waals surface area (Å²) in [7, 11) is 3.98. The molecule has 0 aliphatic carbocycles. The first-order valence-corrected chi connectivity index (χ1v) is 15.8. The van der Waals surface area contributed by atoms with Gasteiger partial charge in [-0.3, -0.25) is 19.6 Å². The maximum atomic E-state index is 12.4. The van der Waals surface area contributed by atoms with E-state index in [1.807, 2.05) is 84.3 Å². The molecule has 2 fully saturated rings. The molecule has 2 aliphatic heterocycles. The van der Waals surface area contributed by atoms with Crippen LogP contribution in [-0.4, -0.2) is 88.4 Å². The molecule has 2 aliphatic rings. The van der Waals surface area contributed by atoms with Gasteiger partial charge in [0, 0.05) is 60.8 Å². The monoisotopic (exact) mass is 644 g/mol. The third kappa shape index (κ3) is 10.5. The van der Waals surface area contributed by atoms with E-state index >= 15 is 0 Å². The SMILES string of the molecule is CC(C)C(NC(=O)C1CN(C)C1)c1ccc2cccnc2c1O.CC(C)C=O.CN1CC(C(N)=O)C1.Oc1cccc2cccnc12. The first-order valence-electron chi connectivity index (χ1n) is 15.8. The second-order valence-corrected chi connectivity index (χ2v) is 12.8. The Bertz CT molecular complexity index is 1630. The number of benzene rings is 2. The zero-order valence-electron chi connectivity index (χ0n) is 28.1. The second-order valence-electron chi connectivity index (χ2n) is 12.8. The number of carbonyl (C=O) groups excluding carboxylic acids is 3. The average Bonchev–Trinajstić information content (AvgIpc) is 3.02. The molecule has 2 amide bonds.